The summed E-state index contributed by atoms with van der Waals surface area (Å²) in [6.07, 6.45) is -0.505. The minimum Gasteiger partial charge on any atom is -0.497 e. The lowest BCUT2D eigenvalue weighted by molar-refractivity contribution is -0.142. The molecule has 1 aromatic heterocycles. The quantitative estimate of drug-likeness (QED) is 0.555. The molecule has 1 aromatic carbocycles. The molecule has 0 N–H and O–H groups in total. The lowest BCUT2D eigenvalue weighted by Gasteiger charge is -2.28. The average molecular weight is 438 g/mol. The van der Waals surface area contributed by atoms with Crippen LogP contribution in [0.15, 0.2) is 24.3 Å². The summed E-state index contributed by atoms with van der Waals surface area (Å²) in [5.41, 5.74) is -0.590. The van der Waals surface area contributed by atoms with Crippen molar-refractivity contribution in [2.24, 2.45) is 0 Å². The first-order chi connectivity index (χ1) is 14.7. The number of amides is 1. The molecule has 2 heterocycles. The third-order valence-corrected chi connectivity index (χ3v) is 5.47. The van der Waals surface area contributed by atoms with Gasteiger partial charge in [-0.1, -0.05) is 12.8 Å². The van der Waals surface area contributed by atoms with E-state index in [2.05, 4.69) is 10.00 Å². The Balaban J connectivity index is 1.80. The smallest absolute Gasteiger partial charge is 0.435 e. The highest BCUT2D eigenvalue weighted by atomic mass is 19.4. The zero-order chi connectivity index (χ0) is 22.6. The van der Waals surface area contributed by atoms with Gasteiger partial charge in [0, 0.05) is 18.7 Å². The molecule has 9 heteroatoms. The van der Waals surface area contributed by atoms with Gasteiger partial charge in [-0.25, -0.2) is 4.68 Å². The number of ether oxygens (including phenoxy) is 1. The van der Waals surface area contributed by atoms with E-state index in [9.17, 15) is 18.0 Å². The van der Waals surface area contributed by atoms with Gasteiger partial charge in [-0.2, -0.15) is 18.3 Å². The van der Waals surface area contributed by atoms with E-state index in [0.29, 0.717) is 18.0 Å². The van der Waals surface area contributed by atoms with Gasteiger partial charge in [-0.15, -0.1) is 0 Å². The van der Waals surface area contributed by atoms with Crippen LogP contribution in [0.3, 0.4) is 0 Å². The topological polar surface area (TPSA) is 50.6 Å². The van der Waals surface area contributed by atoms with E-state index in [0.717, 1.165) is 36.9 Å². The zero-order valence-corrected chi connectivity index (χ0v) is 18.2. The van der Waals surface area contributed by atoms with Crippen LogP contribution in [0, 0.1) is 0 Å². The van der Waals surface area contributed by atoms with Gasteiger partial charge in [0.25, 0.3) is 5.91 Å². The Bertz CT molecular complexity index is 891. The average Bonchev–Trinajstić information content (AvgIpc) is 3.13. The molecular weight excluding hydrogens is 409 g/mol. The van der Waals surface area contributed by atoms with Crippen molar-refractivity contribution in [1.82, 2.24) is 19.6 Å². The number of nitrogens with zero attached hydrogens (tertiary/aromatic N) is 4. The van der Waals surface area contributed by atoms with Crippen molar-refractivity contribution in [1.29, 1.82) is 0 Å². The highest BCUT2D eigenvalue weighted by Gasteiger charge is 2.43. The fraction of sp³-hybridized carbons (Fsp3) is 0.545. The van der Waals surface area contributed by atoms with E-state index in [-0.39, 0.29) is 24.2 Å². The van der Waals surface area contributed by atoms with E-state index < -0.39 is 17.8 Å². The Morgan fingerprint density at radius 1 is 1.10 bits per heavy atom. The molecule has 2 aromatic rings. The summed E-state index contributed by atoms with van der Waals surface area (Å²) in [7, 11) is 5.57. The Kier molecular flexibility index (Phi) is 7.25. The van der Waals surface area contributed by atoms with E-state index >= 15 is 0 Å². The van der Waals surface area contributed by atoms with Crippen LogP contribution in [0.1, 0.15) is 47.4 Å². The zero-order valence-electron chi connectivity index (χ0n) is 18.2. The summed E-state index contributed by atoms with van der Waals surface area (Å²) in [4.78, 5) is 16.9. The maximum absolute atomic E-state index is 13.6. The van der Waals surface area contributed by atoms with Gasteiger partial charge >= 0.3 is 6.18 Å². The van der Waals surface area contributed by atoms with Crippen molar-refractivity contribution in [3.8, 4) is 11.4 Å². The number of fused-ring (bicyclic) bond motifs is 1. The number of aromatic nitrogens is 2. The van der Waals surface area contributed by atoms with Gasteiger partial charge < -0.3 is 14.5 Å². The molecule has 0 radical (unpaired) electrons. The second-order valence-electron chi connectivity index (χ2n) is 8.04. The first kappa shape index (κ1) is 23.1. The number of carbonyl (C=O) groups is 1. The molecule has 6 nitrogen and oxygen atoms in total. The molecule has 0 saturated carbocycles. The summed E-state index contributed by atoms with van der Waals surface area (Å²) in [5.74, 6) is 0.177. The molecule has 0 spiro atoms. The minimum absolute atomic E-state index is 0.0105. The van der Waals surface area contributed by atoms with Crippen LogP contribution in [0.5, 0.6) is 5.75 Å². The van der Waals surface area contributed by atoms with Crippen LogP contribution in [0.4, 0.5) is 13.2 Å². The highest BCUT2D eigenvalue weighted by molar-refractivity contribution is 5.96. The molecule has 0 bridgehead atoms. The monoisotopic (exact) mass is 438 g/mol. The van der Waals surface area contributed by atoms with Crippen molar-refractivity contribution >= 4 is 5.91 Å². The Hall–Kier alpha value is -2.55. The standard InChI is InChI=1S/C22H29F3N4O2/c1-27(2)13-6-4-5-7-14-28-15-12-18-19(21(28)30)29(26-20(18)22(23,24)25)16-8-10-17(31-3)11-9-16/h8-11H,4-7,12-15H2,1-3H3. The molecule has 0 fully saturated rings. The second kappa shape index (κ2) is 9.72. The number of hydrogen-bond acceptors (Lipinski definition) is 4. The number of alkyl halides is 3. The summed E-state index contributed by atoms with van der Waals surface area (Å²) < 4.78 is 47.0. The molecule has 3 rings (SSSR count). The van der Waals surface area contributed by atoms with Crippen LogP contribution in [0.2, 0.25) is 0 Å². The molecule has 0 atom stereocenters. The molecular formula is C22H29F3N4O2. The van der Waals surface area contributed by atoms with E-state index in [1.54, 1.807) is 29.2 Å². The van der Waals surface area contributed by atoms with Gasteiger partial charge in [0.1, 0.15) is 11.4 Å². The number of methoxy groups -OCH3 is 1. The Morgan fingerprint density at radius 2 is 1.77 bits per heavy atom. The molecule has 1 aliphatic heterocycles. The van der Waals surface area contributed by atoms with Crippen molar-refractivity contribution in [2.45, 2.75) is 38.3 Å². The van der Waals surface area contributed by atoms with Crippen LogP contribution in [0.25, 0.3) is 5.69 Å². The highest BCUT2D eigenvalue weighted by Crippen LogP contribution is 2.36. The fourth-order valence-electron chi connectivity index (χ4n) is 3.84. The summed E-state index contributed by atoms with van der Waals surface area (Å²) >= 11 is 0. The lowest BCUT2D eigenvalue weighted by Crippen LogP contribution is -2.39. The van der Waals surface area contributed by atoms with Gasteiger partial charge in [0.2, 0.25) is 0 Å². The molecule has 0 aliphatic carbocycles. The summed E-state index contributed by atoms with van der Waals surface area (Å²) in [6.45, 7) is 1.84. The van der Waals surface area contributed by atoms with Gasteiger partial charge in [-0.3, -0.25) is 4.79 Å². The van der Waals surface area contributed by atoms with Gasteiger partial charge in [-0.05, 0) is 64.2 Å². The normalized spacial score (nSPS) is 14.3. The Labute approximate surface area is 180 Å². The van der Waals surface area contributed by atoms with Crippen LogP contribution in [-0.2, 0) is 12.6 Å². The van der Waals surface area contributed by atoms with E-state index in [1.165, 1.54) is 7.11 Å². The third kappa shape index (κ3) is 5.39. The van der Waals surface area contributed by atoms with Crippen molar-refractivity contribution in [2.75, 3.05) is 40.8 Å². The number of hydrogen-bond donors (Lipinski definition) is 0. The van der Waals surface area contributed by atoms with Gasteiger partial charge in [0.15, 0.2) is 5.69 Å². The molecule has 0 unspecified atom stereocenters. The number of benzene rings is 1. The third-order valence-electron chi connectivity index (χ3n) is 5.47. The van der Waals surface area contributed by atoms with Gasteiger partial charge in [0.05, 0.1) is 12.8 Å². The van der Waals surface area contributed by atoms with Crippen molar-refractivity contribution in [3.63, 3.8) is 0 Å². The number of rotatable bonds is 9. The molecule has 170 valence electrons. The molecule has 1 amide bonds. The van der Waals surface area contributed by atoms with E-state index in [1.807, 2.05) is 14.1 Å². The summed E-state index contributed by atoms with van der Waals surface area (Å²) in [6, 6.07) is 6.47. The second-order valence-corrected chi connectivity index (χ2v) is 8.04. The molecule has 1 aliphatic rings. The number of unbranched alkanes of at least 4 members (excludes halogenated alkanes) is 3. The SMILES string of the molecule is COc1ccc(-n2nc(C(F)(F)F)c3c2C(=O)N(CCCCCCN(C)C)CC3)cc1. The fourth-order valence-corrected chi connectivity index (χ4v) is 3.84. The molecule has 31 heavy (non-hydrogen) atoms. The predicted molar refractivity (Wildman–Crippen MR) is 112 cm³/mol. The Morgan fingerprint density at radius 3 is 2.39 bits per heavy atom. The first-order valence-electron chi connectivity index (χ1n) is 10.5. The molecule has 0 saturated heterocycles. The first-order valence-corrected chi connectivity index (χ1v) is 10.5. The van der Waals surface area contributed by atoms with Crippen molar-refractivity contribution < 1.29 is 22.7 Å². The van der Waals surface area contributed by atoms with Crippen LogP contribution < -0.4 is 4.74 Å². The lowest BCUT2D eigenvalue weighted by atomic mass is 10.0. The maximum Gasteiger partial charge on any atom is 0.435 e. The number of halogens is 3. The number of carbonyl (C=O) groups excluding carboxylic acids is 1. The maximum atomic E-state index is 13.6. The predicted octanol–water partition coefficient (Wildman–Crippen LogP) is 4.02. The van der Waals surface area contributed by atoms with Crippen LogP contribution >= 0.6 is 0 Å². The van der Waals surface area contributed by atoms with E-state index in [4.69, 9.17) is 4.74 Å². The minimum atomic E-state index is -4.61. The largest absolute Gasteiger partial charge is 0.497 e. The summed E-state index contributed by atoms with van der Waals surface area (Å²) in [5, 5.41) is 3.81. The van der Waals surface area contributed by atoms with Crippen LogP contribution in [-0.4, -0.2) is 66.3 Å². The van der Waals surface area contributed by atoms with Crippen molar-refractivity contribution in [3.05, 3.63) is 41.2 Å².